The van der Waals surface area contributed by atoms with E-state index < -0.39 is 0 Å². The molecule has 1 amide bonds. The van der Waals surface area contributed by atoms with E-state index in [0.717, 1.165) is 19.4 Å². The largest absolute Gasteiger partial charge is 0.471 e. The van der Waals surface area contributed by atoms with Crippen molar-refractivity contribution in [2.45, 2.75) is 49.9 Å². The van der Waals surface area contributed by atoms with Crippen LogP contribution < -0.4 is 4.74 Å². The van der Waals surface area contributed by atoms with E-state index in [9.17, 15) is 4.79 Å². The first-order valence-electron chi connectivity index (χ1n) is 8.13. The van der Waals surface area contributed by atoms with E-state index in [1.54, 1.807) is 18.6 Å². The number of rotatable bonds is 5. The molecule has 0 bridgehead atoms. The molecule has 1 aliphatic heterocycles. The van der Waals surface area contributed by atoms with Crippen molar-refractivity contribution < 1.29 is 9.53 Å². The van der Waals surface area contributed by atoms with Crippen molar-refractivity contribution in [3.8, 4) is 5.88 Å². The van der Waals surface area contributed by atoms with Gasteiger partial charge in [0.1, 0.15) is 6.10 Å². The van der Waals surface area contributed by atoms with E-state index in [-0.39, 0.29) is 12.0 Å². The van der Waals surface area contributed by atoms with Gasteiger partial charge in [0.25, 0.3) is 0 Å². The Kier molecular flexibility index (Phi) is 5.53. The molecular weight excluding hydrogens is 298 g/mol. The molecule has 0 radical (unpaired) electrons. The molecule has 1 aromatic heterocycles. The Hall–Kier alpha value is -1.30. The van der Waals surface area contributed by atoms with Gasteiger partial charge in [-0.15, -0.1) is 11.8 Å². The Morgan fingerprint density at radius 2 is 2.14 bits per heavy atom. The average Bonchev–Trinajstić information content (AvgIpc) is 3.07. The summed E-state index contributed by atoms with van der Waals surface area (Å²) in [6.45, 7) is 1.52. The van der Waals surface area contributed by atoms with Gasteiger partial charge in [-0.25, -0.2) is 4.98 Å². The molecule has 1 unspecified atom stereocenters. The second-order valence-corrected chi connectivity index (χ2v) is 7.27. The third-order valence-electron chi connectivity index (χ3n) is 4.30. The SMILES string of the molecule is O=C(CSC1CCCC1)N1CCCC(Oc2cnccn2)C1. The van der Waals surface area contributed by atoms with E-state index in [2.05, 4.69) is 9.97 Å². The fraction of sp³-hybridized carbons (Fsp3) is 0.688. The zero-order valence-corrected chi connectivity index (χ0v) is 13.6. The number of nitrogens with zero attached hydrogens (tertiary/aromatic N) is 3. The first-order chi connectivity index (χ1) is 10.8. The molecule has 2 heterocycles. The molecular formula is C16H23N3O2S. The second kappa shape index (κ2) is 7.81. The summed E-state index contributed by atoms with van der Waals surface area (Å²) in [5.41, 5.74) is 0. The lowest BCUT2D eigenvalue weighted by atomic mass is 10.1. The maximum atomic E-state index is 12.4. The minimum Gasteiger partial charge on any atom is -0.471 e. The van der Waals surface area contributed by atoms with Crippen LogP contribution in [0.5, 0.6) is 5.88 Å². The lowest BCUT2D eigenvalue weighted by Crippen LogP contribution is -2.45. The molecule has 1 atom stereocenters. The molecule has 0 N–H and O–H groups in total. The number of likely N-dealkylation sites (tertiary alicyclic amines) is 1. The maximum Gasteiger partial charge on any atom is 0.232 e. The third kappa shape index (κ3) is 4.35. The Morgan fingerprint density at radius 1 is 1.27 bits per heavy atom. The van der Waals surface area contributed by atoms with Gasteiger partial charge in [0.2, 0.25) is 11.8 Å². The van der Waals surface area contributed by atoms with Crippen LogP contribution in [0.25, 0.3) is 0 Å². The van der Waals surface area contributed by atoms with Crippen LogP contribution in [-0.2, 0) is 4.79 Å². The third-order valence-corrected chi connectivity index (χ3v) is 5.66. The van der Waals surface area contributed by atoms with Crippen LogP contribution >= 0.6 is 11.8 Å². The number of amides is 1. The van der Waals surface area contributed by atoms with Crippen molar-refractivity contribution in [1.29, 1.82) is 0 Å². The number of carbonyl (C=O) groups is 1. The maximum absolute atomic E-state index is 12.4. The lowest BCUT2D eigenvalue weighted by molar-refractivity contribution is -0.130. The van der Waals surface area contributed by atoms with Crippen molar-refractivity contribution in [2.75, 3.05) is 18.8 Å². The lowest BCUT2D eigenvalue weighted by Gasteiger charge is -2.32. The Balaban J connectivity index is 1.46. The molecule has 0 spiro atoms. The van der Waals surface area contributed by atoms with Gasteiger partial charge >= 0.3 is 0 Å². The van der Waals surface area contributed by atoms with E-state index in [0.29, 0.717) is 23.4 Å². The monoisotopic (exact) mass is 321 g/mol. The molecule has 5 nitrogen and oxygen atoms in total. The smallest absolute Gasteiger partial charge is 0.232 e. The molecule has 1 aliphatic carbocycles. The van der Waals surface area contributed by atoms with Crippen LogP contribution in [0.15, 0.2) is 18.6 Å². The van der Waals surface area contributed by atoms with Gasteiger partial charge in [-0.05, 0) is 25.7 Å². The predicted molar refractivity (Wildman–Crippen MR) is 87.0 cm³/mol. The van der Waals surface area contributed by atoms with E-state index in [1.807, 2.05) is 16.7 Å². The van der Waals surface area contributed by atoms with Gasteiger partial charge in [0.15, 0.2) is 0 Å². The zero-order valence-electron chi connectivity index (χ0n) is 12.8. The number of hydrogen-bond donors (Lipinski definition) is 0. The number of aromatic nitrogens is 2. The van der Waals surface area contributed by atoms with Gasteiger partial charge in [-0.2, -0.15) is 0 Å². The summed E-state index contributed by atoms with van der Waals surface area (Å²) >= 11 is 1.84. The van der Waals surface area contributed by atoms with E-state index >= 15 is 0 Å². The second-order valence-electron chi connectivity index (χ2n) is 5.98. The van der Waals surface area contributed by atoms with Crippen LogP contribution in [0.2, 0.25) is 0 Å². The summed E-state index contributed by atoms with van der Waals surface area (Å²) in [5, 5.41) is 0.695. The molecule has 1 aromatic rings. The van der Waals surface area contributed by atoms with Crippen molar-refractivity contribution in [2.24, 2.45) is 0 Å². The topological polar surface area (TPSA) is 55.3 Å². The normalized spacial score (nSPS) is 22.7. The first-order valence-corrected chi connectivity index (χ1v) is 9.18. The molecule has 6 heteroatoms. The predicted octanol–water partition coefficient (Wildman–Crippen LogP) is 2.52. The minimum atomic E-state index is 0.0332. The Labute approximate surface area is 135 Å². The molecule has 0 aromatic carbocycles. The van der Waals surface area contributed by atoms with Gasteiger partial charge < -0.3 is 9.64 Å². The molecule has 3 rings (SSSR count). The van der Waals surface area contributed by atoms with Gasteiger partial charge in [0.05, 0.1) is 18.5 Å². The van der Waals surface area contributed by atoms with Crippen LogP contribution in [0.3, 0.4) is 0 Å². The van der Waals surface area contributed by atoms with Crippen molar-refractivity contribution in [1.82, 2.24) is 14.9 Å². The Morgan fingerprint density at radius 3 is 2.91 bits per heavy atom. The van der Waals surface area contributed by atoms with Crippen molar-refractivity contribution >= 4 is 17.7 Å². The fourth-order valence-corrected chi connectivity index (χ4v) is 4.34. The molecule has 2 fully saturated rings. The fourth-order valence-electron chi connectivity index (χ4n) is 3.11. The number of piperidine rings is 1. The number of ether oxygens (including phenoxy) is 1. The summed E-state index contributed by atoms with van der Waals surface area (Å²) < 4.78 is 5.84. The molecule has 2 aliphatic rings. The van der Waals surface area contributed by atoms with Crippen LogP contribution in [0.1, 0.15) is 38.5 Å². The quantitative estimate of drug-likeness (QED) is 0.834. The summed E-state index contributed by atoms with van der Waals surface area (Å²) in [6, 6.07) is 0. The minimum absolute atomic E-state index is 0.0332. The Bertz CT molecular complexity index is 480. The highest BCUT2D eigenvalue weighted by molar-refractivity contribution is 8.00. The molecule has 1 saturated carbocycles. The molecule has 120 valence electrons. The summed E-state index contributed by atoms with van der Waals surface area (Å²) in [7, 11) is 0. The van der Waals surface area contributed by atoms with E-state index in [4.69, 9.17) is 4.74 Å². The number of hydrogen-bond acceptors (Lipinski definition) is 5. The van der Waals surface area contributed by atoms with E-state index in [1.165, 1.54) is 25.7 Å². The number of carbonyl (C=O) groups excluding carboxylic acids is 1. The van der Waals surface area contributed by atoms with Gasteiger partial charge in [0, 0.05) is 24.2 Å². The molecule has 1 saturated heterocycles. The summed E-state index contributed by atoms with van der Waals surface area (Å²) in [6.07, 6.45) is 12.1. The van der Waals surface area contributed by atoms with Crippen LogP contribution in [-0.4, -0.2) is 51.0 Å². The average molecular weight is 321 g/mol. The standard InChI is InChI=1S/C16H23N3O2S/c20-16(12-22-14-5-1-2-6-14)19-9-3-4-13(11-19)21-15-10-17-7-8-18-15/h7-8,10,13-14H,1-6,9,11-12H2. The highest BCUT2D eigenvalue weighted by Gasteiger charge is 2.26. The molecule has 22 heavy (non-hydrogen) atoms. The first kappa shape index (κ1) is 15.6. The van der Waals surface area contributed by atoms with Crippen LogP contribution in [0, 0.1) is 0 Å². The van der Waals surface area contributed by atoms with Gasteiger partial charge in [-0.1, -0.05) is 12.8 Å². The van der Waals surface area contributed by atoms with Crippen molar-refractivity contribution in [3.05, 3.63) is 18.6 Å². The summed E-state index contributed by atoms with van der Waals surface area (Å²) in [5.74, 6) is 1.41. The van der Waals surface area contributed by atoms with Crippen molar-refractivity contribution in [3.63, 3.8) is 0 Å². The van der Waals surface area contributed by atoms with Gasteiger partial charge in [-0.3, -0.25) is 9.78 Å². The highest BCUT2D eigenvalue weighted by Crippen LogP contribution is 2.29. The zero-order chi connectivity index (χ0) is 15.2. The highest BCUT2D eigenvalue weighted by atomic mass is 32.2. The van der Waals surface area contributed by atoms with Crippen LogP contribution in [0.4, 0.5) is 0 Å². The summed E-state index contributed by atoms with van der Waals surface area (Å²) in [4.78, 5) is 22.5. The number of thioether (sulfide) groups is 1.